The van der Waals surface area contributed by atoms with Crippen LogP contribution in [0.1, 0.15) is 10.4 Å². The SMILES string of the molecule is C#CCOc1ccc(C=CC(=O)n2c(=O)oc(=O)c3cccnc32)cc1OC. The number of allylic oxidation sites excluding steroid dienone is 1. The molecule has 0 amide bonds. The summed E-state index contributed by atoms with van der Waals surface area (Å²) in [5.41, 5.74) is -0.316. The number of benzene rings is 1. The van der Waals surface area contributed by atoms with E-state index >= 15 is 0 Å². The highest BCUT2D eigenvalue weighted by molar-refractivity contribution is 5.98. The van der Waals surface area contributed by atoms with E-state index in [4.69, 9.17) is 15.9 Å². The number of carbonyl (C=O) groups is 1. The minimum atomic E-state index is -1.11. The van der Waals surface area contributed by atoms with E-state index in [0.717, 1.165) is 6.08 Å². The second-order valence-corrected chi connectivity index (χ2v) is 5.44. The van der Waals surface area contributed by atoms with Gasteiger partial charge in [-0.3, -0.25) is 4.79 Å². The lowest BCUT2D eigenvalue weighted by molar-refractivity contribution is 0.0960. The monoisotopic (exact) mass is 378 g/mol. The molecule has 28 heavy (non-hydrogen) atoms. The molecule has 2 heterocycles. The lowest BCUT2D eigenvalue weighted by Gasteiger charge is -2.09. The fourth-order valence-electron chi connectivity index (χ4n) is 2.46. The molecule has 1 aromatic carbocycles. The van der Waals surface area contributed by atoms with Gasteiger partial charge in [-0.15, -0.1) is 6.42 Å². The summed E-state index contributed by atoms with van der Waals surface area (Å²) in [7, 11) is 1.47. The maximum Gasteiger partial charge on any atom is 0.430 e. The van der Waals surface area contributed by atoms with E-state index in [9.17, 15) is 14.4 Å². The normalized spacial score (nSPS) is 10.7. The molecule has 0 unspecified atom stereocenters. The van der Waals surface area contributed by atoms with Gasteiger partial charge in [0, 0.05) is 12.3 Å². The van der Waals surface area contributed by atoms with Crippen LogP contribution in [0.15, 0.2) is 56.6 Å². The Hall–Kier alpha value is -4.12. The first-order valence-corrected chi connectivity index (χ1v) is 8.02. The Morgan fingerprint density at radius 1 is 1.32 bits per heavy atom. The molecule has 0 saturated carbocycles. The van der Waals surface area contributed by atoms with Crippen LogP contribution in [-0.4, -0.2) is 29.2 Å². The summed E-state index contributed by atoms with van der Waals surface area (Å²) < 4.78 is 15.9. The molecule has 140 valence electrons. The lowest BCUT2D eigenvalue weighted by atomic mass is 10.2. The van der Waals surface area contributed by atoms with E-state index in [1.807, 2.05) is 0 Å². The first kappa shape index (κ1) is 18.7. The van der Waals surface area contributed by atoms with Gasteiger partial charge in [0.25, 0.3) is 5.91 Å². The molecule has 8 nitrogen and oxygen atoms in total. The highest BCUT2D eigenvalue weighted by atomic mass is 16.5. The van der Waals surface area contributed by atoms with Gasteiger partial charge in [-0.25, -0.2) is 14.6 Å². The number of nitrogens with zero attached hydrogens (tertiary/aromatic N) is 2. The van der Waals surface area contributed by atoms with Gasteiger partial charge in [0.1, 0.15) is 12.0 Å². The Morgan fingerprint density at radius 2 is 2.14 bits per heavy atom. The third-order valence-electron chi connectivity index (χ3n) is 3.72. The van der Waals surface area contributed by atoms with Crippen molar-refractivity contribution in [3.63, 3.8) is 0 Å². The van der Waals surface area contributed by atoms with Crippen LogP contribution in [0.2, 0.25) is 0 Å². The number of rotatable bonds is 5. The van der Waals surface area contributed by atoms with Crippen molar-refractivity contribution in [1.82, 2.24) is 9.55 Å². The van der Waals surface area contributed by atoms with Crippen LogP contribution in [0.5, 0.6) is 11.5 Å². The Morgan fingerprint density at radius 3 is 2.89 bits per heavy atom. The van der Waals surface area contributed by atoms with Gasteiger partial charge in [-0.1, -0.05) is 12.0 Å². The highest BCUT2D eigenvalue weighted by Gasteiger charge is 2.14. The topological polar surface area (TPSA) is 101 Å². The van der Waals surface area contributed by atoms with E-state index in [0.29, 0.717) is 21.6 Å². The summed E-state index contributed by atoms with van der Waals surface area (Å²) in [5, 5.41) is 0.0283. The van der Waals surface area contributed by atoms with Crippen molar-refractivity contribution in [2.75, 3.05) is 13.7 Å². The van der Waals surface area contributed by atoms with Crippen LogP contribution in [0, 0.1) is 12.3 Å². The Labute approximate surface area is 158 Å². The lowest BCUT2D eigenvalue weighted by Crippen LogP contribution is -2.29. The van der Waals surface area contributed by atoms with Crippen molar-refractivity contribution in [2.24, 2.45) is 0 Å². The average Bonchev–Trinajstić information content (AvgIpc) is 2.71. The number of carbonyl (C=O) groups excluding carboxylic acids is 1. The molecule has 0 radical (unpaired) electrons. The largest absolute Gasteiger partial charge is 0.493 e. The third-order valence-corrected chi connectivity index (χ3v) is 3.72. The van der Waals surface area contributed by atoms with Crippen LogP contribution in [-0.2, 0) is 0 Å². The number of ether oxygens (including phenoxy) is 2. The zero-order chi connectivity index (χ0) is 20.1. The van der Waals surface area contributed by atoms with E-state index < -0.39 is 17.3 Å². The van der Waals surface area contributed by atoms with Gasteiger partial charge in [0.05, 0.1) is 7.11 Å². The average molecular weight is 378 g/mol. The predicted octanol–water partition coefficient (Wildman–Crippen LogP) is 1.72. The van der Waals surface area contributed by atoms with Crippen molar-refractivity contribution in [3.05, 3.63) is 69.1 Å². The summed E-state index contributed by atoms with van der Waals surface area (Å²) in [6.07, 6.45) is 9.17. The molecule has 0 aliphatic rings. The van der Waals surface area contributed by atoms with E-state index in [-0.39, 0.29) is 17.6 Å². The van der Waals surface area contributed by atoms with E-state index in [1.54, 1.807) is 18.2 Å². The van der Waals surface area contributed by atoms with E-state index in [1.165, 1.54) is 31.5 Å². The summed E-state index contributed by atoms with van der Waals surface area (Å²) >= 11 is 0. The molecule has 0 bridgehead atoms. The molecular weight excluding hydrogens is 364 g/mol. The predicted molar refractivity (Wildman–Crippen MR) is 102 cm³/mol. The van der Waals surface area contributed by atoms with Crippen LogP contribution in [0.25, 0.3) is 17.1 Å². The van der Waals surface area contributed by atoms with Gasteiger partial charge in [-0.2, -0.15) is 4.57 Å². The van der Waals surface area contributed by atoms with Gasteiger partial charge >= 0.3 is 11.4 Å². The molecule has 0 fully saturated rings. The summed E-state index contributed by atoms with van der Waals surface area (Å²) in [6, 6.07) is 7.89. The van der Waals surface area contributed by atoms with E-state index in [2.05, 4.69) is 15.3 Å². The van der Waals surface area contributed by atoms with Gasteiger partial charge in [0.2, 0.25) is 0 Å². The number of fused-ring (bicyclic) bond motifs is 1. The molecule has 0 aliphatic carbocycles. The van der Waals surface area contributed by atoms with Gasteiger partial charge in [0.15, 0.2) is 17.1 Å². The van der Waals surface area contributed by atoms with Crippen LogP contribution >= 0.6 is 0 Å². The zero-order valence-electron chi connectivity index (χ0n) is 14.7. The minimum absolute atomic E-state index is 0.0283. The minimum Gasteiger partial charge on any atom is -0.493 e. The molecule has 2 aromatic heterocycles. The molecule has 0 aliphatic heterocycles. The zero-order valence-corrected chi connectivity index (χ0v) is 14.7. The second kappa shape index (κ2) is 8.05. The Kier molecular flexibility index (Phi) is 5.37. The van der Waals surface area contributed by atoms with Gasteiger partial charge < -0.3 is 13.9 Å². The quantitative estimate of drug-likeness (QED) is 0.492. The standard InChI is InChI=1S/C20H14N2O6/c1-3-11-27-15-8-6-13(12-16(15)26-2)7-9-17(23)22-18-14(5-4-10-21-18)19(24)28-20(22)25/h1,4-10,12H,11H2,2H3. The first-order valence-electron chi connectivity index (χ1n) is 8.02. The summed E-state index contributed by atoms with van der Waals surface area (Å²) in [5.74, 6) is 1.42. The Bertz CT molecular complexity index is 1230. The maximum atomic E-state index is 12.5. The molecule has 0 saturated heterocycles. The highest BCUT2D eigenvalue weighted by Crippen LogP contribution is 2.28. The maximum absolute atomic E-state index is 12.5. The molecule has 8 heteroatoms. The molecule has 3 aromatic rings. The molecule has 0 spiro atoms. The number of terminal acetylenes is 1. The Balaban J connectivity index is 1.95. The molecule has 3 rings (SSSR count). The van der Waals surface area contributed by atoms with Crippen molar-refractivity contribution >= 4 is 23.0 Å². The molecule has 0 atom stereocenters. The smallest absolute Gasteiger partial charge is 0.430 e. The first-order chi connectivity index (χ1) is 13.5. The second-order valence-electron chi connectivity index (χ2n) is 5.44. The fourth-order valence-corrected chi connectivity index (χ4v) is 2.46. The molecular formula is C20H14N2O6. The number of hydrogen-bond donors (Lipinski definition) is 0. The van der Waals surface area contributed by atoms with Crippen molar-refractivity contribution in [3.8, 4) is 23.8 Å². The van der Waals surface area contributed by atoms with Gasteiger partial charge in [-0.05, 0) is 35.9 Å². The number of methoxy groups -OCH3 is 1. The summed E-state index contributed by atoms with van der Waals surface area (Å²) in [4.78, 5) is 40.2. The van der Waals surface area contributed by atoms with Crippen molar-refractivity contribution < 1.29 is 18.7 Å². The van der Waals surface area contributed by atoms with Crippen LogP contribution < -0.4 is 20.9 Å². The number of hydrogen-bond acceptors (Lipinski definition) is 7. The van der Waals surface area contributed by atoms with Crippen molar-refractivity contribution in [1.29, 1.82) is 0 Å². The summed E-state index contributed by atoms with van der Waals surface area (Å²) in [6.45, 7) is 0.0895. The van der Waals surface area contributed by atoms with Crippen molar-refractivity contribution in [2.45, 2.75) is 0 Å². The van der Waals surface area contributed by atoms with Crippen LogP contribution in [0.3, 0.4) is 0 Å². The van der Waals surface area contributed by atoms with Crippen LogP contribution in [0.4, 0.5) is 0 Å². The number of pyridine rings is 1. The third kappa shape index (κ3) is 3.68. The molecule has 0 N–H and O–H groups in total. The number of aromatic nitrogens is 2. The fraction of sp³-hybridized carbons (Fsp3) is 0.100.